The summed E-state index contributed by atoms with van der Waals surface area (Å²) in [5.74, 6) is 0.0107. The van der Waals surface area contributed by atoms with Crippen LogP contribution in [0.5, 0.6) is 0 Å². The Bertz CT molecular complexity index is 670. The van der Waals surface area contributed by atoms with Gasteiger partial charge in [-0.05, 0) is 30.4 Å². The van der Waals surface area contributed by atoms with E-state index in [1.54, 1.807) is 18.2 Å². The van der Waals surface area contributed by atoms with E-state index in [0.29, 0.717) is 12.3 Å². The van der Waals surface area contributed by atoms with Crippen molar-refractivity contribution in [1.29, 1.82) is 0 Å². The highest BCUT2D eigenvalue weighted by Gasteiger charge is 2.19. The molecule has 1 heterocycles. The minimum Gasteiger partial charge on any atom is -0.467 e. The minimum atomic E-state index is -0.640. The summed E-state index contributed by atoms with van der Waals surface area (Å²) < 4.78 is 5.10. The van der Waals surface area contributed by atoms with Crippen LogP contribution in [0, 0.1) is 10.1 Å². The number of benzene rings is 1. The fourth-order valence-electron chi connectivity index (χ4n) is 1.62. The minimum absolute atomic E-state index is 0.0513. The quantitative estimate of drug-likeness (QED) is 0.509. The summed E-state index contributed by atoms with van der Waals surface area (Å²) in [7, 11) is 0. The number of hydrogen-bond acceptors (Lipinski definition) is 5. The van der Waals surface area contributed by atoms with Gasteiger partial charge in [-0.3, -0.25) is 20.2 Å². The Morgan fingerprint density at radius 1 is 1.29 bits per heavy atom. The highest BCUT2D eigenvalue weighted by atomic mass is 32.1. The molecule has 8 heteroatoms. The van der Waals surface area contributed by atoms with E-state index in [-0.39, 0.29) is 16.4 Å². The first-order chi connectivity index (χ1) is 10.1. The highest BCUT2D eigenvalue weighted by Crippen LogP contribution is 2.17. The van der Waals surface area contributed by atoms with Gasteiger partial charge in [-0.25, -0.2) is 0 Å². The molecule has 0 spiro atoms. The fraction of sp³-hybridized carbons (Fsp3) is 0.0769. The molecule has 2 aromatic rings. The zero-order valence-electron chi connectivity index (χ0n) is 10.7. The number of carbonyl (C=O) groups excluding carboxylic acids is 1. The average Bonchev–Trinajstić information content (AvgIpc) is 2.98. The normalized spacial score (nSPS) is 9.90. The summed E-state index contributed by atoms with van der Waals surface area (Å²) in [6, 6.07) is 9.13. The van der Waals surface area contributed by atoms with Crippen molar-refractivity contribution in [2.75, 3.05) is 0 Å². The molecule has 0 saturated carbocycles. The monoisotopic (exact) mass is 305 g/mol. The van der Waals surface area contributed by atoms with Crippen LogP contribution in [0.1, 0.15) is 16.1 Å². The van der Waals surface area contributed by atoms with Gasteiger partial charge in [-0.1, -0.05) is 12.1 Å². The third-order valence-electron chi connectivity index (χ3n) is 2.58. The van der Waals surface area contributed by atoms with E-state index in [4.69, 9.17) is 16.6 Å². The largest absolute Gasteiger partial charge is 0.467 e. The molecule has 0 atom stereocenters. The van der Waals surface area contributed by atoms with Crippen LogP contribution < -0.4 is 10.6 Å². The first-order valence-electron chi connectivity index (χ1n) is 5.93. The van der Waals surface area contributed by atoms with Crippen molar-refractivity contribution in [2.45, 2.75) is 6.54 Å². The summed E-state index contributed by atoms with van der Waals surface area (Å²) in [6.45, 7) is 0.309. The van der Waals surface area contributed by atoms with Gasteiger partial charge in [0.15, 0.2) is 5.11 Å². The predicted octanol–water partition coefficient (Wildman–Crippen LogP) is 1.99. The van der Waals surface area contributed by atoms with Crippen LogP contribution >= 0.6 is 12.2 Å². The number of nitrogens with one attached hydrogen (secondary N) is 2. The van der Waals surface area contributed by atoms with E-state index < -0.39 is 10.8 Å². The first kappa shape index (κ1) is 14.7. The summed E-state index contributed by atoms with van der Waals surface area (Å²) in [5.41, 5.74) is -0.325. The molecule has 0 radical (unpaired) electrons. The maximum absolute atomic E-state index is 12.0. The molecule has 0 aliphatic carbocycles. The molecule has 0 aliphatic heterocycles. The topological polar surface area (TPSA) is 97.4 Å². The molecular weight excluding hydrogens is 294 g/mol. The molecule has 1 aromatic carbocycles. The van der Waals surface area contributed by atoms with Crippen molar-refractivity contribution in [2.24, 2.45) is 0 Å². The van der Waals surface area contributed by atoms with Gasteiger partial charge in [0.05, 0.1) is 17.7 Å². The second-order valence-corrected chi connectivity index (χ2v) is 4.40. The summed E-state index contributed by atoms with van der Waals surface area (Å²) >= 11 is 4.96. The molecule has 0 unspecified atom stereocenters. The van der Waals surface area contributed by atoms with E-state index in [9.17, 15) is 14.9 Å². The summed E-state index contributed by atoms with van der Waals surface area (Å²) in [4.78, 5) is 22.2. The molecular formula is C13H11N3O4S. The van der Waals surface area contributed by atoms with Crippen LogP contribution in [0.3, 0.4) is 0 Å². The molecule has 0 bridgehead atoms. The Hall–Kier alpha value is -2.74. The standard InChI is InChI=1S/C13H11N3O4S/c17-12(10-5-1-2-6-11(10)16(18)19)15-13(21)14-8-9-4-3-7-20-9/h1-7H,8H2,(H2,14,15,17,21). The number of para-hydroxylation sites is 1. The molecule has 21 heavy (non-hydrogen) atoms. The molecule has 1 aromatic heterocycles. The van der Waals surface area contributed by atoms with Gasteiger partial charge in [-0.2, -0.15) is 0 Å². The smallest absolute Gasteiger partial charge is 0.282 e. The van der Waals surface area contributed by atoms with Crippen molar-refractivity contribution in [3.8, 4) is 0 Å². The lowest BCUT2D eigenvalue weighted by Crippen LogP contribution is -2.39. The number of carbonyl (C=O) groups is 1. The van der Waals surface area contributed by atoms with Crippen molar-refractivity contribution in [3.63, 3.8) is 0 Å². The summed E-state index contributed by atoms with van der Waals surface area (Å²) in [5, 5.41) is 16.1. The number of hydrogen-bond donors (Lipinski definition) is 2. The zero-order chi connectivity index (χ0) is 15.2. The van der Waals surface area contributed by atoms with Crippen LogP contribution in [0.2, 0.25) is 0 Å². The van der Waals surface area contributed by atoms with E-state index in [0.717, 1.165) is 0 Å². The third-order valence-corrected chi connectivity index (χ3v) is 2.82. The Labute approximate surface area is 125 Å². The Morgan fingerprint density at radius 2 is 2.05 bits per heavy atom. The first-order valence-corrected chi connectivity index (χ1v) is 6.33. The molecule has 7 nitrogen and oxygen atoms in total. The average molecular weight is 305 g/mol. The van der Waals surface area contributed by atoms with Crippen molar-refractivity contribution < 1.29 is 14.1 Å². The Balaban J connectivity index is 1.98. The number of nitro benzene ring substituents is 1. The van der Waals surface area contributed by atoms with Gasteiger partial charge >= 0.3 is 0 Å². The van der Waals surface area contributed by atoms with E-state index >= 15 is 0 Å². The van der Waals surface area contributed by atoms with Crippen LogP contribution in [-0.4, -0.2) is 15.9 Å². The van der Waals surface area contributed by atoms with Gasteiger partial charge in [0.1, 0.15) is 11.3 Å². The highest BCUT2D eigenvalue weighted by molar-refractivity contribution is 7.80. The SMILES string of the molecule is O=C(NC(=S)NCc1ccco1)c1ccccc1[N+](=O)[O-]. The second-order valence-electron chi connectivity index (χ2n) is 3.99. The Kier molecular flexibility index (Phi) is 4.62. The van der Waals surface area contributed by atoms with E-state index in [1.807, 2.05) is 0 Å². The number of rotatable bonds is 4. The maximum atomic E-state index is 12.0. The zero-order valence-corrected chi connectivity index (χ0v) is 11.6. The van der Waals surface area contributed by atoms with Gasteiger partial charge in [0, 0.05) is 6.07 Å². The van der Waals surface area contributed by atoms with Gasteiger partial charge in [0.2, 0.25) is 0 Å². The van der Waals surface area contributed by atoms with Gasteiger partial charge < -0.3 is 9.73 Å². The lowest BCUT2D eigenvalue weighted by molar-refractivity contribution is -0.385. The van der Waals surface area contributed by atoms with E-state index in [1.165, 1.54) is 24.5 Å². The van der Waals surface area contributed by atoms with Crippen molar-refractivity contribution in [3.05, 3.63) is 64.1 Å². The molecule has 2 N–H and O–H groups in total. The number of nitrogens with zero attached hydrogens (tertiary/aromatic N) is 1. The molecule has 0 aliphatic rings. The number of thiocarbonyl (C=S) groups is 1. The van der Waals surface area contributed by atoms with Crippen molar-refractivity contribution >= 4 is 28.9 Å². The van der Waals surface area contributed by atoms with Crippen LogP contribution in [0.15, 0.2) is 47.1 Å². The van der Waals surface area contributed by atoms with Gasteiger partial charge in [0.25, 0.3) is 11.6 Å². The maximum Gasteiger partial charge on any atom is 0.282 e. The molecule has 0 fully saturated rings. The fourth-order valence-corrected chi connectivity index (χ4v) is 1.78. The number of amides is 1. The Morgan fingerprint density at radius 3 is 2.71 bits per heavy atom. The number of furan rings is 1. The lowest BCUT2D eigenvalue weighted by atomic mass is 10.1. The molecule has 1 amide bonds. The molecule has 0 saturated heterocycles. The van der Waals surface area contributed by atoms with Crippen molar-refractivity contribution in [1.82, 2.24) is 10.6 Å². The predicted molar refractivity (Wildman–Crippen MR) is 78.7 cm³/mol. The summed E-state index contributed by atoms with van der Waals surface area (Å²) in [6.07, 6.45) is 1.52. The third kappa shape index (κ3) is 3.86. The van der Waals surface area contributed by atoms with Gasteiger partial charge in [-0.15, -0.1) is 0 Å². The van der Waals surface area contributed by atoms with Crippen LogP contribution in [-0.2, 0) is 6.54 Å². The lowest BCUT2D eigenvalue weighted by Gasteiger charge is -2.08. The molecule has 2 rings (SSSR count). The van der Waals surface area contributed by atoms with E-state index in [2.05, 4.69) is 10.6 Å². The molecule has 108 valence electrons. The number of nitro groups is 1. The van der Waals surface area contributed by atoms with Crippen LogP contribution in [0.25, 0.3) is 0 Å². The second kappa shape index (κ2) is 6.62. The van der Waals surface area contributed by atoms with Crippen LogP contribution in [0.4, 0.5) is 5.69 Å².